The Labute approximate surface area is 133 Å². The number of aryl methyl sites for hydroxylation is 2. The minimum atomic E-state index is 0.753. The lowest BCUT2D eigenvalue weighted by molar-refractivity contribution is 0.782. The topological polar surface area (TPSA) is 62.6 Å². The molecule has 23 heavy (non-hydrogen) atoms. The molecule has 116 valence electrons. The zero-order valence-electron chi connectivity index (χ0n) is 13.4. The normalized spacial score (nSPS) is 11.4. The summed E-state index contributed by atoms with van der Waals surface area (Å²) in [5, 5.41) is 6.53. The van der Waals surface area contributed by atoms with Crippen molar-refractivity contribution in [3.63, 3.8) is 0 Å². The van der Waals surface area contributed by atoms with Gasteiger partial charge in [0.2, 0.25) is 0 Å². The molecule has 3 aromatic heterocycles. The Balaban J connectivity index is 1.78. The van der Waals surface area contributed by atoms with Crippen LogP contribution in [0.2, 0.25) is 0 Å². The molecule has 0 aliphatic carbocycles. The molecule has 0 radical (unpaired) electrons. The zero-order valence-corrected chi connectivity index (χ0v) is 13.4. The second-order valence-corrected chi connectivity index (χ2v) is 5.81. The van der Waals surface area contributed by atoms with Crippen molar-refractivity contribution in [3.8, 4) is 0 Å². The van der Waals surface area contributed by atoms with E-state index in [1.807, 2.05) is 26.4 Å². The van der Waals surface area contributed by atoms with Crippen molar-refractivity contribution >= 4 is 27.8 Å². The van der Waals surface area contributed by atoms with Crippen LogP contribution in [0.25, 0.3) is 21.9 Å². The van der Waals surface area contributed by atoms with Crippen LogP contribution in [0.3, 0.4) is 0 Å². The van der Waals surface area contributed by atoms with E-state index in [2.05, 4.69) is 56.3 Å². The van der Waals surface area contributed by atoms with Crippen LogP contribution in [-0.4, -0.2) is 31.8 Å². The Hall–Kier alpha value is -2.89. The number of benzene rings is 1. The molecule has 1 N–H and O–H groups in total. The van der Waals surface area contributed by atoms with Crippen LogP contribution in [0.4, 0.5) is 5.82 Å². The van der Waals surface area contributed by atoms with Crippen molar-refractivity contribution < 1.29 is 0 Å². The van der Waals surface area contributed by atoms with Crippen LogP contribution in [0.5, 0.6) is 0 Å². The number of anilines is 1. The van der Waals surface area contributed by atoms with Crippen LogP contribution in [0, 0.1) is 6.92 Å². The maximum atomic E-state index is 4.63. The summed E-state index contributed by atoms with van der Waals surface area (Å²) >= 11 is 0. The highest BCUT2D eigenvalue weighted by molar-refractivity contribution is 5.87. The van der Waals surface area contributed by atoms with E-state index in [9.17, 15) is 0 Å². The summed E-state index contributed by atoms with van der Waals surface area (Å²) in [5.74, 6) is 1.66. The number of rotatable bonds is 3. The van der Waals surface area contributed by atoms with Gasteiger partial charge in [0, 0.05) is 37.7 Å². The third-order valence-corrected chi connectivity index (χ3v) is 4.14. The molecule has 0 fully saturated rings. The van der Waals surface area contributed by atoms with E-state index in [4.69, 9.17) is 0 Å². The molecule has 0 bridgehead atoms. The van der Waals surface area contributed by atoms with Gasteiger partial charge in [-0.05, 0) is 24.6 Å². The molecule has 0 atom stereocenters. The molecular weight excluding hydrogens is 288 g/mol. The molecule has 0 unspecified atom stereocenters. The van der Waals surface area contributed by atoms with Gasteiger partial charge in [-0.1, -0.05) is 12.1 Å². The van der Waals surface area contributed by atoms with Gasteiger partial charge in [-0.2, -0.15) is 5.10 Å². The predicted molar refractivity (Wildman–Crippen MR) is 91.4 cm³/mol. The summed E-state index contributed by atoms with van der Waals surface area (Å²) in [6, 6.07) is 8.43. The van der Waals surface area contributed by atoms with Crippen molar-refractivity contribution in [3.05, 3.63) is 48.0 Å². The Morgan fingerprint density at radius 2 is 2.04 bits per heavy atom. The number of aromatic nitrogens is 5. The van der Waals surface area contributed by atoms with E-state index < -0.39 is 0 Å². The van der Waals surface area contributed by atoms with Crippen molar-refractivity contribution in [1.29, 1.82) is 0 Å². The van der Waals surface area contributed by atoms with E-state index in [0.29, 0.717) is 0 Å². The Kier molecular flexibility index (Phi) is 3.04. The van der Waals surface area contributed by atoms with Crippen LogP contribution in [-0.2, 0) is 13.6 Å². The highest BCUT2D eigenvalue weighted by atomic mass is 15.3. The third kappa shape index (κ3) is 2.23. The number of H-pyrrole nitrogens is 1. The van der Waals surface area contributed by atoms with Gasteiger partial charge in [0.05, 0.1) is 11.6 Å². The fraction of sp³-hybridized carbons (Fsp3) is 0.235. The van der Waals surface area contributed by atoms with Gasteiger partial charge in [-0.3, -0.25) is 4.68 Å². The number of nitrogens with zero attached hydrogens (tertiary/aromatic N) is 5. The third-order valence-electron chi connectivity index (χ3n) is 4.14. The molecule has 0 saturated heterocycles. The largest absolute Gasteiger partial charge is 0.361 e. The first-order valence-corrected chi connectivity index (χ1v) is 7.56. The summed E-state index contributed by atoms with van der Waals surface area (Å²) in [5.41, 5.74) is 3.28. The highest BCUT2D eigenvalue weighted by Crippen LogP contribution is 2.25. The average molecular weight is 306 g/mol. The zero-order chi connectivity index (χ0) is 16.0. The van der Waals surface area contributed by atoms with Crippen molar-refractivity contribution in [2.75, 3.05) is 11.9 Å². The smallest absolute Gasteiger partial charge is 0.163 e. The van der Waals surface area contributed by atoms with Crippen molar-refractivity contribution in [2.24, 2.45) is 7.05 Å². The lowest BCUT2D eigenvalue weighted by atomic mass is 10.1. The first-order chi connectivity index (χ1) is 11.1. The fourth-order valence-electron chi connectivity index (χ4n) is 3.02. The molecule has 6 heteroatoms. The van der Waals surface area contributed by atoms with Crippen LogP contribution < -0.4 is 4.90 Å². The summed E-state index contributed by atoms with van der Waals surface area (Å²) in [6.45, 7) is 2.69. The van der Waals surface area contributed by atoms with E-state index in [-0.39, 0.29) is 0 Å². The quantitative estimate of drug-likeness (QED) is 0.632. The van der Waals surface area contributed by atoms with E-state index in [1.54, 1.807) is 4.68 Å². The minimum Gasteiger partial charge on any atom is -0.361 e. The van der Waals surface area contributed by atoms with E-state index >= 15 is 0 Å². The lowest BCUT2D eigenvalue weighted by Crippen LogP contribution is -2.19. The molecule has 4 rings (SSSR count). The van der Waals surface area contributed by atoms with Crippen LogP contribution in [0.15, 0.2) is 36.7 Å². The van der Waals surface area contributed by atoms with Crippen LogP contribution in [0.1, 0.15) is 11.4 Å². The molecule has 0 aliphatic heterocycles. The summed E-state index contributed by atoms with van der Waals surface area (Å²) in [4.78, 5) is 14.5. The number of hydrogen-bond donors (Lipinski definition) is 1. The van der Waals surface area contributed by atoms with Gasteiger partial charge in [0.15, 0.2) is 5.65 Å². The molecule has 4 aromatic rings. The van der Waals surface area contributed by atoms with E-state index in [1.165, 1.54) is 10.9 Å². The molecule has 0 saturated carbocycles. The lowest BCUT2D eigenvalue weighted by Gasteiger charge is -2.20. The summed E-state index contributed by atoms with van der Waals surface area (Å²) in [6.07, 6.45) is 3.81. The average Bonchev–Trinajstić information content (AvgIpc) is 3.15. The van der Waals surface area contributed by atoms with Gasteiger partial charge >= 0.3 is 0 Å². The molecule has 0 amide bonds. The number of nitrogens with one attached hydrogen (secondary N) is 1. The molecule has 6 nitrogen and oxygen atoms in total. The van der Waals surface area contributed by atoms with Gasteiger partial charge in [0.25, 0.3) is 0 Å². The molecule has 0 spiro atoms. The monoisotopic (exact) mass is 306 g/mol. The Morgan fingerprint density at radius 3 is 2.91 bits per heavy atom. The number of aromatic amines is 1. The van der Waals surface area contributed by atoms with Gasteiger partial charge in [-0.15, -0.1) is 0 Å². The molecular formula is C17H18N6. The summed E-state index contributed by atoms with van der Waals surface area (Å²) in [7, 11) is 3.96. The maximum absolute atomic E-state index is 4.63. The first kappa shape index (κ1) is 13.8. The number of fused-ring (bicyclic) bond motifs is 2. The second-order valence-electron chi connectivity index (χ2n) is 5.81. The summed E-state index contributed by atoms with van der Waals surface area (Å²) < 4.78 is 1.79. The first-order valence-electron chi connectivity index (χ1n) is 7.56. The van der Waals surface area contributed by atoms with Gasteiger partial charge in [-0.25, -0.2) is 9.97 Å². The van der Waals surface area contributed by atoms with Crippen LogP contribution >= 0.6 is 0 Å². The fourth-order valence-corrected chi connectivity index (χ4v) is 3.02. The number of hydrogen-bond acceptors (Lipinski definition) is 4. The maximum Gasteiger partial charge on any atom is 0.163 e. The van der Waals surface area contributed by atoms with Crippen molar-refractivity contribution in [1.82, 2.24) is 24.7 Å². The minimum absolute atomic E-state index is 0.753. The molecule has 1 aromatic carbocycles. The Bertz CT molecular complexity index is 997. The second kappa shape index (κ2) is 5.08. The SMILES string of the molecule is Cc1nc(N(C)Cc2cccc3[nH]ccc23)c2cnn(C)c2n1. The standard InChI is InChI=1S/C17H18N6/c1-11-20-16(14-9-19-23(3)17(14)21-11)22(2)10-12-5-4-6-15-13(12)7-8-18-15/h4-9,18H,10H2,1-3H3. The van der Waals surface area contributed by atoms with Gasteiger partial charge < -0.3 is 9.88 Å². The predicted octanol–water partition coefficient (Wildman–Crippen LogP) is 2.79. The van der Waals surface area contributed by atoms with Gasteiger partial charge in [0.1, 0.15) is 11.6 Å². The van der Waals surface area contributed by atoms with E-state index in [0.717, 1.165) is 34.7 Å². The molecule has 0 aliphatic rings. The Morgan fingerprint density at radius 1 is 1.17 bits per heavy atom. The van der Waals surface area contributed by atoms with Crippen molar-refractivity contribution in [2.45, 2.75) is 13.5 Å². The molecule has 3 heterocycles. The highest BCUT2D eigenvalue weighted by Gasteiger charge is 2.14.